The smallest absolute Gasteiger partial charge is 0.228 e. The average Bonchev–Trinajstić information content (AvgIpc) is 2.56. The van der Waals surface area contributed by atoms with Crippen LogP contribution in [0.4, 0.5) is 5.82 Å². The van der Waals surface area contributed by atoms with Crippen LogP contribution in [0.5, 0.6) is 5.75 Å². The van der Waals surface area contributed by atoms with E-state index in [1.165, 1.54) is 6.20 Å². The molecule has 1 amide bonds. The number of amides is 1. The van der Waals surface area contributed by atoms with E-state index >= 15 is 0 Å². The number of fused-ring (bicyclic) bond motifs is 1. The van der Waals surface area contributed by atoms with Crippen LogP contribution in [-0.4, -0.2) is 22.5 Å². The molecule has 5 nitrogen and oxygen atoms in total. The predicted molar refractivity (Wildman–Crippen MR) is 89.7 cm³/mol. The van der Waals surface area contributed by atoms with Gasteiger partial charge in [-0.1, -0.05) is 35.9 Å². The highest BCUT2D eigenvalue weighted by atomic mass is 35.5. The first-order chi connectivity index (χ1) is 11.2. The Balaban J connectivity index is 1.57. The molecule has 0 aliphatic carbocycles. The van der Waals surface area contributed by atoms with Gasteiger partial charge in [-0.25, -0.2) is 9.97 Å². The van der Waals surface area contributed by atoms with Gasteiger partial charge in [-0.05, 0) is 24.3 Å². The Kier molecular flexibility index (Phi) is 4.68. The number of anilines is 1. The van der Waals surface area contributed by atoms with Crippen LogP contribution < -0.4 is 10.1 Å². The molecule has 2 aromatic carbocycles. The first kappa shape index (κ1) is 15.2. The van der Waals surface area contributed by atoms with Crippen LogP contribution in [0.2, 0.25) is 5.02 Å². The van der Waals surface area contributed by atoms with Crippen molar-refractivity contribution in [3.63, 3.8) is 0 Å². The SMILES string of the molecule is O=C(CCOc1ccccc1)Nc1cnc2c(Cl)cccc2n1. The van der Waals surface area contributed by atoms with Crippen molar-refractivity contribution in [2.45, 2.75) is 6.42 Å². The van der Waals surface area contributed by atoms with Gasteiger partial charge >= 0.3 is 0 Å². The van der Waals surface area contributed by atoms with Crippen LogP contribution >= 0.6 is 11.6 Å². The molecule has 0 fully saturated rings. The minimum atomic E-state index is -0.184. The van der Waals surface area contributed by atoms with E-state index < -0.39 is 0 Å². The van der Waals surface area contributed by atoms with Crippen LogP contribution in [0, 0.1) is 0 Å². The van der Waals surface area contributed by atoms with Gasteiger partial charge in [-0.3, -0.25) is 4.79 Å². The summed E-state index contributed by atoms with van der Waals surface area (Å²) in [6, 6.07) is 14.7. The molecule has 0 atom stereocenters. The van der Waals surface area contributed by atoms with E-state index in [4.69, 9.17) is 16.3 Å². The highest BCUT2D eigenvalue weighted by molar-refractivity contribution is 6.34. The molecule has 0 saturated heterocycles. The number of aromatic nitrogens is 2. The van der Waals surface area contributed by atoms with Gasteiger partial charge in [-0.15, -0.1) is 0 Å². The molecule has 23 heavy (non-hydrogen) atoms. The molecule has 3 aromatic rings. The van der Waals surface area contributed by atoms with Gasteiger partial charge in [0.1, 0.15) is 11.3 Å². The monoisotopic (exact) mass is 327 g/mol. The molecule has 0 saturated carbocycles. The summed E-state index contributed by atoms with van der Waals surface area (Å²) in [5.41, 5.74) is 1.25. The van der Waals surface area contributed by atoms with Crippen molar-refractivity contribution in [3.05, 3.63) is 59.8 Å². The van der Waals surface area contributed by atoms with E-state index in [2.05, 4.69) is 15.3 Å². The Hall–Kier alpha value is -2.66. The molecule has 0 spiro atoms. The summed E-state index contributed by atoms with van der Waals surface area (Å²) in [7, 11) is 0. The zero-order valence-electron chi connectivity index (χ0n) is 12.2. The lowest BCUT2D eigenvalue weighted by Crippen LogP contribution is -2.16. The van der Waals surface area contributed by atoms with E-state index in [0.29, 0.717) is 28.5 Å². The number of rotatable bonds is 5. The predicted octanol–water partition coefficient (Wildman–Crippen LogP) is 3.69. The van der Waals surface area contributed by atoms with Crippen LogP contribution in [-0.2, 0) is 4.79 Å². The number of nitrogens with one attached hydrogen (secondary N) is 1. The van der Waals surface area contributed by atoms with Crippen molar-refractivity contribution >= 4 is 34.4 Å². The third-order valence-corrected chi connectivity index (χ3v) is 3.44. The van der Waals surface area contributed by atoms with E-state index in [9.17, 15) is 4.79 Å². The minimum Gasteiger partial charge on any atom is -0.493 e. The molecule has 1 N–H and O–H groups in total. The number of nitrogens with zero attached hydrogens (tertiary/aromatic N) is 2. The van der Waals surface area contributed by atoms with Crippen LogP contribution in [0.1, 0.15) is 6.42 Å². The largest absolute Gasteiger partial charge is 0.493 e. The number of benzene rings is 2. The molecule has 116 valence electrons. The molecular weight excluding hydrogens is 314 g/mol. The lowest BCUT2D eigenvalue weighted by molar-refractivity contribution is -0.116. The maximum Gasteiger partial charge on any atom is 0.228 e. The van der Waals surface area contributed by atoms with E-state index in [0.717, 1.165) is 5.75 Å². The maximum atomic E-state index is 11.9. The summed E-state index contributed by atoms with van der Waals surface area (Å²) in [6.07, 6.45) is 1.72. The van der Waals surface area contributed by atoms with Gasteiger partial charge in [0.15, 0.2) is 5.82 Å². The van der Waals surface area contributed by atoms with Crippen LogP contribution in [0.25, 0.3) is 11.0 Å². The second-order valence-corrected chi connectivity index (χ2v) is 5.23. The molecular formula is C17H14ClN3O2. The first-order valence-electron chi connectivity index (χ1n) is 7.11. The highest BCUT2D eigenvalue weighted by Crippen LogP contribution is 2.20. The molecule has 0 radical (unpaired) electrons. The summed E-state index contributed by atoms with van der Waals surface area (Å²) in [6.45, 7) is 0.294. The Labute approximate surface area is 138 Å². The fourth-order valence-corrected chi connectivity index (χ4v) is 2.27. The lowest BCUT2D eigenvalue weighted by Gasteiger charge is -2.07. The number of ether oxygens (including phenoxy) is 1. The third kappa shape index (κ3) is 3.96. The second-order valence-electron chi connectivity index (χ2n) is 4.82. The van der Waals surface area contributed by atoms with Gasteiger partial charge in [-0.2, -0.15) is 0 Å². The molecule has 6 heteroatoms. The van der Waals surface area contributed by atoms with Gasteiger partial charge < -0.3 is 10.1 Å². The standard InChI is InChI=1S/C17H14ClN3O2/c18-13-7-4-8-14-17(13)19-11-15(20-14)21-16(22)9-10-23-12-5-2-1-3-6-12/h1-8,11H,9-10H2,(H,20,21,22). The number of para-hydroxylation sites is 2. The molecule has 0 bridgehead atoms. The minimum absolute atomic E-state index is 0.184. The summed E-state index contributed by atoms with van der Waals surface area (Å²) in [5, 5.41) is 3.24. The fraction of sp³-hybridized carbons (Fsp3) is 0.118. The zero-order valence-corrected chi connectivity index (χ0v) is 13.0. The van der Waals surface area contributed by atoms with Crippen molar-refractivity contribution in [1.82, 2.24) is 9.97 Å². The summed E-state index contributed by atoms with van der Waals surface area (Å²) >= 11 is 6.04. The third-order valence-electron chi connectivity index (χ3n) is 3.13. The van der Waals surface area contributed by atoms with E-state index in [-0.39, 0.29) is 12.3 Å². The maximum absolute atomic E-state index is 11.9. The number of carbonyl (C=O) groups excluding carboxylic acids is 1. The molecule has 0 aliphatic rings. The highest BCUT2D eigenvalue weighted by Gasteiger charge is 2.07. The zero-order chi connectivity index (χ0) is 16.1. The summed E-state index contributed by atoms with van der Waals surface area (Å²) < 4.78 is 5.49. The Morgan fingerprint density at radius 3 is 2.78 bits per heavy atom. The van der Waals surface area contributed by atoms with Crippen molar-refractivity contribution in [1.29, 1.82) is 0 Å². The first-order valence-corrected chi connectivity index (χ1v) is 7.49. The number of hydrogen-bond donors (Lipinski definition) is 1. The topological polar surface area (TPSA) is 64.1 Å². The van der Waals surface area contributed by atoms with Crippen molar-refractivity contribution in [3.8, 4) is 5.75 Å². The molecule has 0 unspecified atom stereocenters. The van der Waals surface area contributed by atoms with E-state index in [1.807, 2.05) is 30.3 Å². The van der Waals surface area contributed by atoms with Gasteiger partial charge in [0.25, 0.3) is 0 Å². The molecule has 1 aromatic heterocycles. The van der Waals surface area contributed by atoms with Crippen molar-refractivity contribution < 1.29 is 9.53 Å². The normalized spacial score (nSPS) is 10.5. The van der Waals surface area contributed by atoms with Gasteiger partial charge in [0.2, 0.25) is 5.91 Å². The van der Waals surface area contributed by atoms with Gasteiger partial charge in [0.05, 0.1) is 29.8 Å². The summed E-state index contributed by atoms with van der Waals surface area (Å²) in [4.78, 5) is 20.5. The Morgan fingerprint density at radius 1 is 1.13 bits per heavy atom. The second kappa shape index (κ2) is 7.07. The number of hydrogen-bond acceptors (Lipinski definition) is 4. The van der Waals surface area contributed by atoms with Crippen LogP contribution in [0.15, 0.2) is 54.7 Å². The Morgan fingerprint density at radius 2 is 1.96 bits per heavy atom. The van der Waals surface area contributed by atoms with E-state index in [1.54, 1.807) is 18.2 Å². The van der Waals surface area contributed by atoms with Crippen LogP contribution in [0.3, 0.4) is 0 Å². The molecule has 0 aliphatic heterocycles. The summed E-state index contributed by atoms with van der Waals surface area (Å²) in [5.74, 6) is 0.946. The van der Waals surface area contributed by atoms with Gasteiger partial charge in [0, 0.05) is 0 Å². The quantitative estimate of drug-likeness (QED) is 0.776. The number of halogens is 1. The Bertz CT molecular complexity index is 824. The lowest BCUT2D eigenvalue weighted by atomic mass is 10.3. The van der Waals surface area contributed by atoms with Crippen molar-refractivity contribution in [2.24, 2.45) is 0 Å². The fourth-order valence-electron chi connectivity index (χ4n) is 2.05. The average molecular weight is 328 g/mol. The van der Waals surface area contributed by atoms with Crippen molar-refractivity contribution in [2.75, 3.05) is 11.9 Å². The number of carbonyl (C=O) groups is 1. The molecule has 3 rings (SSSR count). The molecule has 1 heterocycles.